The first kappa shape index (κ1) is 15.0. The Kier molecular flexibility index (Phi) is 6.16. The van der Waals surface area contributed by atoms with E-state index in [0.717, 1.165) is 26.1 Å². The molecule has 0 bridgehead atoms. The summed E-state index contributed by atoms with van der Waals surface area (Å²) in [5.41, 5.74) is 9.70. The predicted octanol–water partition coefficient (Wildman–Crippen LogP) is 2.23. The number of likely N-dealkylation sites (N-methyl/N-ethyl adjacent to an activating group) is 1. The molecule has 0 aromatic heterocycles. The van der Waals surface area contributed by atoms with Crippen molar-refractivity contribution in [1.82, 2.24) is 4.90 Å². The summed E-state index contributed by atoms with van der Waals surface area (Å²) in [5, 5.41) is 0. The van der Waals surface area contributed by atoms with E-state index in [0.29, 0.717) is 6.54 Å². The van der Waals surface area contributed by atoms with Crippen molar-refractivity contribution in [1.29, 1.82) is 0 Å². The van der Waals surface area contributed by atoms with Gasteiger partial charge in [-0.1, -0.05) is 24.6 Å². The highest BCUT2D eigenvalue weighted by molar-refractivity contribution is 5.55. The molecule has 3 heteroatoms. The van der Waals surface area contributed by atoms with E-state index >= 15 is 0 Å². The van der Waals surface area contributed by atoms with Gasteiger partial charge in [0.05, 0.1) is 0 Å². The van der Waals surface area contributed by atoms with E-state index in [-0.39, 0.29) is 0 Å². The zero-order valence-electron chi connectivity index (χ0n) is 12.2. The van der Waals surface area contributed by atoms with Crippen LogP contribution >= 0.6 is 0 Å². The van der Waals surface area contributed by atoms with Gasteiger partial charge in [-0.3, -0.25) is 0 Å². The summed E-state index contributed by atoms with van der Waals surface area (Å²) in [6.45, 7) is 8.16. The lowest BCUT2D eigenvalue weighted by atomic mass is 10.1. The smallest absolute Gasteiger partial charge is 0.0412 e. The lowest BCUT2D eigenvalue weighted by Crippen LogP contribution is -2.33. The van der Waals surface area contributed by atoms with Gasteiger partial charge in [0, 0.05) is 31.9 Å². The Labute approximate surface area is 112 Å². The molecular formula is C15H27N3. The minimum Gasteiger partial charge on any atom is -0.370 e. The average Bonchev–Trinajstić information content (AvgIpc) is 2.34. The van der Waals surface area contributed by atoms with Crippen LogP contribution in [0.5, 0.6) is 0 Å². The number of anilines is 1. The number of hydrogen-bond donors (Lipinski definition) is 1. The molecule has 102 valence electrons. The van der Waals surface area contributed by atoms with Crippen molar-refractivity contribution in [2.24, 2.45) is 5.73 Å². The van der Waals surface area contributed by atoms with Crippen LogP contribution in [0.4, 0.5) is 5.69 Å². The molecule has 1 aromatic rings. The van der Waals surface area contributed by atoms with Gasteiger partial charge in [0.2, 0.25) is 0 Å². The van der Waals surface area contributed by atoms with Gasteiger partial charge >= 0.3 is 0 Å². The molecule has 0 radical (unpaired) electrons. The fourth-order valence-electron chi connectivity index (χ4n) is 2.13. The lowest BCUT2D eigenvalue weighted by molar-refractivity contribution is 0.413. The summed E-state index contributed by atoms with van der Waals surface area (Å²) >= 11 is 0. The molecule has 0 saturated carbocycles. The van der Waals surface area contributed by atoms with Crippen molar-refractivity contribution < 1.29 is 0 Å². The Morgan fingerprint density at radius 1 is 1.11 bits per heavy atom. The van der Waals surface area contributed by atoms with Crippen LogP contribution in [0.15, 0.2) is 18.2 Å². The van der Waals surface area contributed by atoms with Gasteiger partial charge in [-0.25, -0.2) is 0 Å². The molecule has 0 fully saturated rings. The fraction of sp³-hybridized carbons (Fsp3) is 0.600. The summed E-state index contributed by atoms with van der Waals surface area (Å²) in [6, 6.07) is 6.59. The van der Waals surface area contributed by atoms with Crippen LogP contribution in [-0.2, 0) is 6.54 Å². The maximum atomic E-state index is 5.87. The molecule has 18 heavy (non-hydrogen) atoms. The van der Waals surface area contributed by atoms with Crippen molar-refractivity contribution in [3.63, 3.8) is 0 Å². The van der Waals surface area contributed by atoms with Crippen molar-refractivity contribution in [3.8, 4) is 0 Å². The largest absolute Gasteiger partial charge is 0.370 e. The molecular weight excluding hydrogens is 222 g/mol. The highest BCUT2D eigenvalue weighted by Gasteiger charge is 2.10. The monoisotopic (exact) mass is 249 g/mol. The zero-order chi connectivity index (χ0) is 13.5. The van der Waals surface area contributed by atoms with Gasteiger partial charge in [0.15, 0.2) is 0 Å². The first-order valence-corrected chi connectivity index (χ1v) is 6.77. The molecule has 0 heterocycles. The Bertz CT molecular complexity index is 361. The van der Waals surface area contributed by atoms with Crippen molar-refractivity contribution in [2.45, 2.75) is 26.8 Å². The molecule has 0 aliphatic heterocycles. The second-order valence-electron chi connectivity index (χ2n) is 5.13. The van der Waals surface area contributed by atoms with Gasteiger partial charge in [-0.15, -0.1) is 0 Å². The standard InChI is InChI=1S/C15H27N3/c1-5-8-18(10-9-17(3)4)15-7-6-13(2)11-14(15)12-16/h6-7,11H,5,8-10,12,16H2,1-4H3. The summed E-state index contributed by atoms with van der Waals surface area (Å²) < 4.78 is 0. The third-order valence-electron chi connectivity index (χ3n) is 3.11. The Morgan fingerprint density at radius 3 is 2.39 bits per heavy atom. The van der Waals surface area contributed by atoms with Crippen LogP contribution in [0.1, 0.15) is 24.5 Å². The molecule has 0 aliphatic rings. The highest BCUT2D eigenvalue weighted by Crippen LogP contribution is 2.21. The van der Waals surface area contributed by atoms with Gasteiger partial charge in [-0.2, -0.15) is 0 Å². The Morgan fingerprint density at radius 2 is 1.83 bits per heavy atom. The van der Waals surface area contributed by atoms with E-state index in [4.69, 9.17) is 5.73 Å². The highest BCUT2D eigenvalue weighted by atomic mass is 15.2. The van der Waals surface area contributed by atoms with E-state index in [1.807, 2.05) is 0 Å². The second-order valence-corrected chi connectivity index (χ2v) is 5.13. The van der Waals surface area contributed by atoms with E-state index < -0.39 is 0 Å². The summed E-state index contributed by atoms with van der Waals surface area (Å²) in [5.74, 6) is 0. The first-order chi connectivity index (χ1) is 8.58. The van der Waals surface area contributed by atoms with Crippen LogP contribution < -0.4 is 10.6 Å². The SMILES string of the molecule is CCCN(CCN(C)C)c1ccc(C)cc1CN. The molecule has 0 aliphatic carbocycles. The molecule has 2 N–H and O–H groups in total. The first-order valence-electron chi connectivity index (χ1n) is 6.77. The normalized spacial score (nSPS) is 11.0. The van der Waals surface area contributed by atoms with E-state index in [9.17, 15) is 0 Å². The zero-order valence-corrected chi connectivity index (χ0v) is 12.2. The number of aryl methyl sites for hydroxylation is 1. The topological polar surface area (TPSA) is 32.5 Å². The molecule has 0 saturated heterocycles. The Hall–Kier alpha value is -1.06. The van der Waals surface area contributed by atoms with Crippen LogP contribution in [0.2, 0.25) is 0 Å². The summed E-state index contributed by atoms with van der Waals surface area (Å²) in [4.78, 5) is 4.67. The van der Waals surface area contributed by atoms with E-state index in [2.05, 4.69) is 55.9 Å². The van der Waals surface area contributed by atoms with Crippen molar-refractivity contribution >= 4 is 5.69 Å². The van der Waals surface area contributed by atoms with Gasteiger partial charge in [0.1, 0.15) is 0 Å². The van der Waals surface area contributed by atoms with Crippen LogP contribution in [-0.4, -0.2) is 38.6 Å². The van der Waals surface area contributed by atoms with Crippen molar-refractivity contribution in [3.05, 3.63) is 29.3 Å². The average molecular weight is 249 g/mol. The van der Waals surface area contributed by atoms with E-state index in [1.54, 1.807) is 0 Å². The molecule has 0 unspecified atom stereocenters. The number of benzene rings is 1. The summed E-state index contributed by atoms with van der Waals surface area (Å²) in [6.07, 6.45) is 1.16. The molecule has 1 aromatic carbocycles. The van der Waals surface area contributed by atoms with Gasteiger partial charge in [-0.05, 0) is 39.1 Å². The molecule has 0 atom stereocenters. The molecule has 0 spiro atoms. The fourth-order valence-corrected chi connectivity index (χ4v) is 2.13. The number of hydrogen-bond acceptors (Lipinski definition) is 3. The van der Waals surface area contributed by atoms with Gasteiger partial charge < -0.3 is 15.5 Å². The maximum absolute atomic E-state index is 5.87. The van der Waals surface area contributed by atoms with Crippen molar-refractivity contribution in [2.75, 3.05) is 38.6 Å². The van der Waals surface area contributed by atoms with Gasteiger partial charge in [0.25, 0.3) is 0 Å². The second kappa shape index (κ2) is 7.39. The molecule has 1 rings (SSSR count). The number of nitrogens with two attached hydrogens (primary N) is 1. The number of rotatable bonds is 7. The van der Waals surface area contributed by atoms with E-state index in [1.165, 1.54) is 16.8 Å². The predicted molar refractivity (Wildman–Crippen MR) is 80.1 cm³/mol. The number of nitrogens with zero attached hydrogens (tertiary/aromatic N) is 2. The van der Waals surface area contributed by atoms with Crippen LogP contribution in [0, 0.1) is 6.92 Å². The Balaban J connectivity index is 2.89. The minimum atomic E-state index is 0.610. The maximum Gasteiger partial charge on any atom is 0.0412 e. The van der Waals surface area contributed by atoms with Crippen LogP contribution in [0.25, 0.3) is 0 Å². The quantitative estimate of drug-likeness (QED) is 0.804. The third-order valence-corrected chi connectivity index (χ3v) is 3.11. The summed E-state index contributed by atoms with van der Waals surface area (Å²) in [7, 11) is 4.23. The molecule has 0 amide bonds. The minimum absolute atomic E-state index is 0.610. The van der Waals surface area contributed by atoms with Crippen LogP contribution in [0.3, 0.4) is 0 Å². The third kappa shape index (κ3) is 4.31. The molecule has 3 nitrogen and oxygen atoms in total. The lowest BCUT2D eigenvalue weighted by Gasteiger charge is -2.28.